The molecule has 5 heteroatoms. The molecule has 2 bridgehead atoms. The summed E-state index contributed by atoms with van der Waals surface area (Å²) in [6.45, 7) is 6.23. The fourth-order valence-electron chi connectivity index (χ4n) is 3.61. The first-order valence-corrected chi connectivity index (χ1v) is 7.12. The molecular weight excluding hydrogens is 230 g/mol. The molecule has 0 amide bonds. The lowest BCUT2D eigenvalue weighted by atomic mass is 10.0. The fourth-order valence-corrected chi connectivity index (χ4v) is 3.61. The van der Waals surface area contributed by atoms with Crippen LogP contribution in [0.2, 0.25) is 0 Å². The summed E-state index contributed by atoms with van der Waals surface area (Å²) in [6, 6.07) is 1.24. The van der Waals surface area contributed by atoms with Gasteiger partial charge in [0, 0.05) is 51.1 Å². The van der Waals surface area contributed by atoms with Crippen LogP contribution in [0.4, 0.5) is 0 Å². The van der Waals surface area contributed by atoms with Crippen LogP contribution >= 0.6 is 0 Å². The summed E-state index contributed by atoms with van der Waals surface area (Å²) in [6.07, 6.45) is 4.48. The van der Waals surface area contributed by atoms with E-state index in [-0.39, 0.29) is 0 Å². The van der Waals surface area contributed by atoms with Gasteiger partial charge in [0.25, 0.3) is 0 Å². The molecule has 0 aromatic carbocycles. The minimum absolute atomic E-state index is 0.621. The first kappa shape index (κ1) is 12.4. The second-order valence-electron chi connectivity index (χ2n) is 5.65. The van der Waals surface area contributed by atoms with Gasteiger partial charge in [-0.05, 0) is 12.8 Å². The van der Waals surface area contributed by atoms with Crippen LogP contribution in [0, 0.1) is 0 Å². The summed E-state index contributed by atoms with van der Waals surface area (Å²) in [4.78, 5) is 5.14. The van der Waals surface area contributed by atoms with E-state index < -0.39 is 0 Å². The first-order chi connectivity index (χ1) is 8.86. The molecule has 1 N–H and O–H groups in total. The van der Waals surface area contributed by atoms with E-state index in [2.05, 4.69) is 15.0 Å². The highest BCUT2D eigenvalue weighted by molar-refractivity contribution is 5.86. The van der Waals surface area contributed by atoms with Gasteiger partial charge in [0.2, 0.25) is 0 Å². The van der Waals surface area contributed by atoms with Crippen LogP contribution in [0.5, 0.6) is 0 Å². The fraction of sp³-hybridized carbons (Fsp3) is 0.923. The normalized spacial score (nSPS) is 33.9. The average molecular weight is 253 g/mol. The predicted octanol–water partition coefficient (Wildman–Crippen LogP) is 0.776. The van der Waals surface area contributed by atoms with Crippen molar-refractivity contribution in [3.05, 3.63) is 0 Å². The third kappa shape index (κ3) is 2.53. The summed E-state index contributed by atoms with van der Waals surface area (Å²) in [5, 5.41) is 12.4. The number of nitrogens with zero attached hydrogens (tertiary/aromatic N) is 3. The Bertz CT molecular complexity index is 299. The molecule has 3 rings (SSSR count). The Balaban J connectivity index is 1.51. The molecule has 0 spiro atoms. The number of hydrogen-bond donors (Lipinski definition) is 1. The summed E-state index contributed by atoms with van der Waals surface area (Å²) in [5.41, 5.74) is 1.00. The molecule has 2 atom stereocenters. The number of piperidine rings is 1. The SMILES string of the molecule is ON=C1CC2CCC(C1)N2CCN1CCOCC1. The third-order valence-electron chi connectivity index (χ3n) is 4.63. The molecule has 2 unspecified atom stereocenters. The van der Waals surface area contributed by atoms with E-state index in [4.69, 9.17) is 9.94 Å². The van der Waals surface area contributed by atoms with E-state index in [0.717, 1.165) is 57.9 Å². The quantitative estimate of drug-likeness (QED) is 0.596. The molecule has 0 saturated carbocycles. The van der Waals surface area contributed by atoms with Gasteiger partial charge in [0.1, 0.15) is 0 Å². The Morgan fingerprint density at radius 2 is 1.78 bits per heavy atom. The van der Waals surface area contributed by atoms with Crippen molar-refractivity contribution in [3.63, 3.8) is 0 Å². The van der Waals surface area contributed by atoms with E-state index in [1.807, 2.05) is 0 Å². The van der Waals surface area contributed by atoms with Crippen LogP contribution in [0.1, 0.15) is 25.7 Å². The molecule has 3 fully saturated rings. The largest absolute Gasteiger partial charge is 0.411 e. The molecule has 5 nitrogen and oxygen atoms in total. The molecule has 18 heavy (non-hydrogen) atoms. The zero-order chi connectivity index (χ0) is 12.4. The summed E-state index contributed by atoms with van der Waals surface area (Å²) >= 11 is 0. The Morgan fingerprint density at radius 3 is 2.39 bits per heavy atom. The Kier molecular flexibility index (Phi) is 3.82. The highest BCUT2D eigenvalue weighted by Crippen LogP contribution is 2.34. The Hall–Kier alpha value is -0.650. The van der Waals surface area contributed by atoms with Crippen LogP contribution in [0.3, 0.4) is 0 Å². The van der Waals surface area contributed by atoms with Gasteiger partial charge < -0.3 is 9.94 Å². The zero-order valence-corrected chi connectivity index (χ0v) is 10.9. The maximum absolute atomic E-state index is 8.92. The van der Waals surface area contributed by atoms with E-state index in [1.54, 1.807) is 0 Å². The maximum Gasteiger partial charge on any atom is 0.0601 e. The number of ether oxygens (including phenoxy) is 1. The predicted molar refractivity (Wildman–Crippen MR) is 69.2 cm³/mol. The van der Waals surface area contributed by atoms with Crippen molar-refractivity contribution >= 4 is 5.71 Å². The van der Waals surface area contributed by atoms with Crippen LogP contribution in [-0.2, 0) is 4.74 Å². The highest BCUT2D eigenvalue weighted by atomic mass is 16.5. The van der Waals surface area contributed by atoms with Gasteiger partial charge in [0.05, 0.1) is 18.9 Å². The molecule has 0 aliphatic carbocycles. The van der Waals surface area contributed by atoms with Crippen LogP contribution in [0.25, 0.3) is 0 Å². The lowest BCUT2D eigenvalue weighted by molar-refractivity contribution is 0.0298. The molecule has 102 valence electrons. The highest BCUT2D eigenvalue weighted by Gasteiger charge is 2.39. The van der Waals surface area contributed by atoms with Gasteiger partial charge in [-0.3, -0.25) is 9.80 Å². The number of oxime groups is 1. The van der Waals surface area contributed by atoms with Crippen LogP contribution in [0.15, 0.2) is 5.16 Å². The lowest BCUT2D eigenvalue weighted by Crippen LogP contribution is -2.48. The third-order valence-corrected chi connectivity index (χ3v) is 4.63. The second-order valence-corrected chi connectivity index (χ2v) is 5.65. The van der Waals surface area contributed by atoms with Crippen molar-refractivity contribution in [1.82, 2.24) is 9.80 Å². The summed E-state index contributed by atoms with van der Waals surface area (Å²) < 4.78 is 5.38. The van der Waals surface area contributed by atoms with Gasteiger partial charge in [0.15, 0.2) is 0 Å². The number of rotatable bonds is 3. The first-order valence-electron chi connectivity index (χ1n) is 7.12. The molecule has 3 aliphatic heterocycles. The number of fused-ring (bicyclic) bond motifs is 2. The maximum atomic E-state index is 8.92. The van der Waals surface area contributed by atoms with Crippen molar-refractivity contribution < 1.29 is 9.94 Å². The molecule has 0 aromatic rings. The standard InChI is InChI=1S/C13H23N3O2/c17-14-11-9-12-1-2-13(10-11)16(12)4-3-15-5-7-18-8-6-15/h12-13,17H,1-10H2. The van der Waals surface area contributed by atoms with E-state index in [0.29, 0.717) is 12.1 Å². The van der Waals surface area contributed by atoms with Gasteiger partial charge in [-0.1, -0.05) is 5.16 Å². The van der Waals surface area contributed by atoms with Crippen molar-refractivity contribution in [2.45, 2.75) is 37.8 Å². The Labute approximate surface area is 108 Å². The lowest BCUT2D eigenvalue weighted by Gasteiger charge is -2.37. The Morgan fingerprint density at radius 1 is 1.11 bits per heavy atom. The van der Waals surface area contributed by atoms with Crippen LogP contribution < -0.4 is 0 Å². The smallest absolute Gasteiger partial charge is 0.0601 e. The van der Waals surface area contributed by atoms with Gasteiger partial charge >= 0.3 is 0 Å². The number of morpholine rings is 1. The van der Waals surface area contributed by atoms with Gasteiger partial charge in [-0.25, -0.2) is 0 Å². The summed E-state index contributed by atoms with van der Waals surface area (Å²) in [7, 11) is 0. The topological polar surface area (TPSA) is 48.3 Å². The van der Waals surface area contributed by atoms with E-state index >= 15 is 0 Å². The second kappa shape index (κ2) is 5.55. The molecular formula is C13H23N3O2. The number of hydrogen-bond acceptors (Lipinski definition) is 5. The molecule has 3 heterocycles. The monoisotopic (exact) mass is 253 g/mol. The molecule has 3 aliphatic rings. The van der Waals surface area contributed by atoms with E-state index in [1.165, 1.54) is 12.8 Å². The van der Waals surface area contributed by atoms with Crippen molar-refractivity contribution in [1.29, 1.82) is 0 Å². The van der Waals surface area contributed by atoms with Crippen molar-refractivity contribution in [3.8, 4) is 0 Å². The van der Waals surface area contributed by atoms with Gasteiger partial charge in [-0.15, -0.1) is 0 Å². The zero-order valence-electron chi connectivity index (χ0n) is 10.9. The average Bonchev–Trinajstić information content (AvgIpc) is 2.66. The van der Waals surface area contributed by atoms with E-state index in [9.17, 15) is 0 Å². The molecule has 0 radical (unpaired) electrons. The minimum Gasteiger partial charge on any atom is -0.411 e. The van der Waals surface area contributed by atoms with Crippen LogP contribution in [-0.4, -0.2) is 72.2 Å². The van der Waals surface area contributed by atoms with Crippen molar-refractivity contribution in [2.75, 3.05) is 39.4 Å². The molecule has 3 saturated heterocycles. The van der Waals surface area contributed by atoms with Crippen molar-refractivity contribution in [2.24, 2.45) is 5.16 Å². The van der Waals surface area contributed by atoms with Gasteiger partial charge in [-0.2, -0.15) is 0 Å². The minimum atomic E-state index is 0.621. The molecule has 0 aromatic heterocycles. The summed E-state index contributed by atoms with van der Waals surface area (Å²) in [5.74, 6) is 0.